The molecule has 0 unspecified atom stereocenters. The third-order valence-electron chi connectivity index (χ3n) is 2.06. The molecule has 0 spiro atoms. The fraction of sp³-hybridized carbons (Fsp3) is 0.0833. The highest BCUT2D eigenvalue weighted by atomic mass is 32.2. The lowest BCUT2D eigenvalue weighted by Gasteiger charge is -2.00. The predicted octanol–water partition coefficient (Wildman–Crippen LogP) is 3.21. The van der Waals surface area contributed by atoms with Gasteiger partial charge in [0, 0.05) is 11.3 Å². The summed E-state index contributed by atoms with van der Waals surface area (Å²) in [5.74, 6) is 0.0209. The van der Waals surface area contributed by atoms with Crippen molar-refractivity contribution < 1.29 is 9.18 Å². The van der Waals surface area contributed by atoms with E-state index in [-0.39, 0.29) is 11.7 Å². The van der Waals surface area contributed by atoms with E-state index in [1.165, 1.54) is 47.4 Å². The van der Waals surface area contributed by atoms with Crippen molar-refractivity contribution in [2.75, 3.05) is 11.1 Å². The molecule has 7 heteroatoms. The van der Waals surface area contributed by atoms with E-state index in [2.05, 4.69) is 22.1 Å². The number of amides is 1. The molecule has 0 atom stereocenters. The summed E-state index contributed by atoms with van der Waals surface area (Å²) in [5.41, 5.74) is 0.372. The number of nitrogens with one attached hydrogen (secondary N) is 1. The van der Waals surface area contributed by atoms with Gasteiger partial charge in [-0.3, -0.25) is 10.1 Å². The molecule has 19 heavy (non-hydrogen) atoms. The Balaban J connectivity index is 2.00. The molecule has 2 rings (SSSR count). The molecule has 98 valence electrons. The van der Waals surface area contributed by atoms with Gasteiger partial charge >= 0.3 is 0 Å². The fourth-order valence-corrected chi connectivity index (χ4v) is 2.73. The Labute approximate surface area is 117 Å². The summed E-state index contributed by atoms with van der Waals surface area (Å²) in [7, 11) is 0. The number of aromatic nitrogens is 2. The van der Waals surface area contributed by atoms with Gasteiger partial charge in [-0.1, -0.05) is 29.2 Å². The van der Waals surface area contributed by atoms with Crippen LogP contribution in [-0.4, -0.2) is 21.9 Å². The summed E-state index contributed by atoms with van der Waals surface area (Å²) in [4.78, 5) is 11.8. The molecule has 2 aromatic rings. The number of anilines is 1. The fourth-order valence-electron chi connectivity index (χ4n) is 1.22. The minimum absolute atomic E-state index is 0.337. The highest BCUT2D eigenvalue weighted by Gasteiger charge is 2.10. The minimum Gasteiger partial charge on any atom is -0.296 e. The van der Waals surface area contributed by atoms with Crippen LogP contribution in [-0.2, 0) is 0 Å². The quantitative estimate of drug-likeness (QED) is 0.523. The van der Waals surface area contributed by atoms with Gasteiger partial charge in [0.15, 0.2) is 4.34 Å². The SMILES string of the molecule is C=CCSc1nnc(NC(=O)c2ccc(F)cc2)s1. The van der Waals surface area contributed by atoms with Crippen LogP contribution in [0.3, 0.4) is 0 Å². The third kappa shape index (κ3) is 3.87. The zero-order valence-corrected chi connectivity index (χ0v) is 11.4. The van der Waals surface area contributed by atoms with Crippen LogP contribution in [0.25, 0.3) is 0 Å². The van der Waals surface area contributed by atoms with Crippen LogP contribution in [0, 0.1) is 5.82 Å². The van der Waals surface area contributed by atoms with E-state index in [0.29, 0.717) is 10.7 Å². The molecule has 1 N–H and O–H groups in total. The summed E-state index contributed by atoms with van der Waals surface area (Å²) >= 11 is 2.78. The summed E-state index contributed by atoms with van der Waals surface area (Å²) in [6, 6.07) is 5.30. The summed E-state index contributed by atoms with van der Waals surface area (Å²) < 4.78 is 13.5. The van der Waals surface area contributed by atoms with Crippen LogP contribution in [0.5, 0.6) is 0 Å². The number of carbonyl (C=O) groups excluding carboxylic acids is 1. The number of halogens is 1. The number of hydrogen-bond donors (Lipinski definition) is 1. The second-order valence-corrected chi connectivity index (χ2v) is 5.68. The second kappa shape index (κ2) is 6.44. The molecule has 1 amide bonds. The molecule has 0 saturated heterocycles. The maximum atomic E-state index is 12.7. The Kier molecular flexibility index (Phi) is 4.64. The standard InChI is InChI=1S/C12H10FN3OS2/c1-2-7-18-12-16-15-11(19-12)14-10(17)8-3-5-9(13)6-4-8/h2-6H,1,7H2,(H,14,15,17). The number of hydrogen-bond acceptors (Lipinski definition) is 5. The van der Waals surface area contributed by atoms with E-state index in [1.54, 1.807) is 6.08 Å². The summed E-state index contributed by atoms with van der Waals surface area (Å²) in [6.45, 7) is 3.61. The topological polar surface area (TPSA) is 54.9 Å². The normalized spacial score (nSPS) is 10.2. The van der Waals surface area contributed by atoms with Gasteiger partial charge in [0.05, 0.1) is 0 Å². The predicted molar refractivity (Wildman–Crippen MR) is 75.2 cm³/mol. The second-order valence-electron chi connectivity index (χ2n) is 3.43. The molecule has 4 nitrogen and oxygen atoms in total. The number of nitrogens with zero attached hydrogens (tertiary/aromatic N) is 2. The average molecular weight is 295 g/mol. The van der Waals surface area contributed by atoms with E-state index in [4.69, 9.17) is 0 Å². The lowest BCUT2D eigenvalue weighted by molar-refractivity contribution is 0.102. The number of carbonyl (C=O) groups is 1. The highest BCUT2D eigenvalue weighted by Crippen LogP contribution is 2.25. The van der Waals surface area contributed by atoms with Gasteiger partial charge in [-0.05, 0) is 24.3 Å². The van der Waals surface area contributed by atoms with Gasteiger partial charge in [-0.2, -0.15) is 0 Å². The summed E-state index contributed by atoms with van der Waals surface area (Å²) in [6.07, 6.45) is 1.77. The Hall–Kier alpha value is -1.73. The van der Waals surface area contributed by atoms with Gasteiger partial charge < -0.3 is 0 Å². The molecule has 0 fully saturated rings. The molecule has 1 aromatic heterocycles. The van der Waals surface area contributed by atoms with Crippen molar-refractivity contribution in [3.63, 3.8) is 0 Å². The zero-order chi connectivity index (χ0) is 13.7. The average Bonchev–Trinajstić information content (AvgIpc) is 2.84. The third-order valence-corrected chi connectivity index (χ3v) is 4.03. The first-order valence-corrected chi connectivity index (χ1v) is 7.13. The maximum Gasteiger partial charge on any atom is 0.257 e. The van der Waals surface area contributed by atoms with Crippen LogP contribution in [0.15, 0.2) is 41.3 Å². The number of benzene rings is 1. The van der Waals surface area contributed by atoms with Crippen LogP contribution in [0.1, 0.15) is 10.4 Å². The Morgan fingerprint density at radius 3 is 2.84 bits per heavy atom. The number of rotatable bonds is 5. The molecule has 0 radical (unpaired) electrons. The van der Waals surface area contributed by atoms with E-state index in [0.717, 1.165) is 10.1 Å². The molecular weight excluding hydrogens is 285 g/mol. The van der Waals surface area contributed by atoms with E-state index >= 15 is 0 Å². The van der Waals surface area contributed by atoms with Crippen molar-refractivity contribution in [2.45, 2.75) is 4.34 Å². The molecule has 0 aliphatic heterocycles. The zero-order valence-electron chi connectivity index (χ0n) is 9.80. The lowest BCUT2D eigenvalue weighted by atomic mass is 10.2. The highest BCUT2D eigenvalue weighted by molar-refractivity contribution is 8.01. The van der Waals surface area contributed by atoms with E-state index < -0.39 is 0 Å². The van der Waals surface area contributed by atoms with Crippen molar-refractivity contribution in [3.8, 4) is 0 Å². The molecule has 1 aromatic carbocycles. The molecular formula is C12H10FN3OS2. The van der Waals surface area contributed by atoms with E-state index in [1.807, 2.05) is 0 Å². The van der Waals surface area contributed by atoms with Crippen molar-refractivity contribution in [1.29, 1.82) is 0 Å². The van der Waals surface area contributed by atoms with Crippen LogP contribution in [0.4, 0.5) is 9.52 Å². The Morgan fingerprint density at radius 1 is 1.42 bits per heavy atom. The molecule has 0 bridgehead atoms. The monoisotopic (exact) mass is 295 g/mol. The van der Waals surface area contributed by atoms with Gasteiger partial charge in [-0.15, -0.1) is 16.8 Å². The van der Waals surface area contributed by atoms with E-state index in [9.17, 15) is 9.18 Å². The van der Waals surface area contributed by atoms with Gasteiger partial charge in [0.1, 0.15) is 5.82 Å². The number of thioether (sulfide) groups is 1. The van der Waals surface area contributed by atoms with Crippen molar-refractivity contribution in [1.82, 2.24) is 10.2 Å². The van der Waals surface area contributed by atoms with Crippen LogP contribution < -0.4 is 5.32 Å². The first-order chi connectivity index (χ1) is 9.19. The maximum absolute atomic E-state index is 12.7. The molecule has 0 saturated carbocycles. The van der Waals surface area contributed by atoms with Crippen LogP contribution in [0.2, 0.25) is 0 Å². The largest absolute Gasteiger partial charge is 0.296 e. The van der Waals surface area contributed by atoms with Gasteiger partial charge in [-0.25, -0.2) is 4.39 Å². The molecule has 0 aliphatic carbocycles. The van der Waals surface area contributed by atoms with Crippen LogP contribution >= 0.6 is 23.1 Å². The molecule has 0 aliphatic rings. The van der Waals surface area contributed by atoms with Crippen molar-refractivity contribution >= 4 is 34.1 Å². The van der Waals surface area contributed by atoms with Gasteiger partial charge in [0.2, 0.25) is 5.13 Å². The lowest BCUT2D eigenvalue weighted by Crippen LogP contribution is -2.11. The Morgan fingerprint density at radius 2 is 2.16 bits per heavy atom. The van der Waals surface area contributed by atoms with Crippen molar-refractivity contribution in [2.24, 2.45) is 0 Å². The first-order valence-electron chi connectivity index (χ1n) is 5.33. The Bertz CT molecular complexity index is 583. The summed E-state index contributed by atoms with van der Waals surface area (Å²) in [5, 5.41) is 10.8. The molecule has 1 heterocycles. The van der Waals surface area contributed by atoms with Crippen molar-refractivity contribution in [3.05, 3.63) is 48.3 Å². The first kappa shape index (κ1) is 13.7. The van der Waals surface area contributed by atoms with Gasteiger partial charge in [0.25, 0.3) is 5.91 Å². The minimum atomic E-state index is -0.379. The smallest absolute Gasteiger partial charge is 0.257 e.